The summed E-state index contributed by atoms with van der Waals surface area (Å²) in [5.74, 6) is 0. The van der Waals surface area contributed by atoms with Crippen LogP contribution in [0, 0.1) is 0 Å². The first-order valence-corrected chi connectivity index (χ1v) is 28.8. The molecule has 0 aliphatic heterocycles. The predicted octanol–water partition coefficient (Wildman–Crippen LogP) is 22.8. The highest BCUT2D eigenvalue weighted by Crippen LogP contribution is 2.55. The second-order valence-corrected chi connectivity index (χ2v) is 25.3. The average molecular weight is 1040 g/mol. The largest absolute Gasteiger partial charge is 0.310 e. The summed E-state index contributed by atoms with van der Waals surface area (Å²) in [6, 6.07) is 92.0. The van der Waals surface area contributed by atoms with E-state index in [1.165, 1.54) is 120 Å². The molecule has 1 aliphatic rings. The highest BCUT2D eigenvalue weighted by Gasteiger charge is 2.37. The summed E-state index contributed by atoms with van der Waals surface area (Å²) in [6.45, 7) is 18.6. The molecule has 0 bridgehead atoms. The van der Waals surface area contributed by atoms with E-state index in [0.29, 0.717) is 0 Å². The van der Waals surface area contributed by atoms with Crippen LogP contribution in [0.4, 0.5) is 34.1 Å². The molecule has 2 nitrogen and oxygen atoms in total. The lowest BCUT2D eigenvalue weighted by atomic mass is 9.80. The van der Waals surface area contributed by atoms with Gasteiger partial charge in [-0.1, -0.05) is 213 Å². The maximum Gasteiger partial charge on any atom is 0.0540 e. The van der Waals surface area contributed by atoms with E-state index < -0.39 is 0 Å². The van der Waals surface area contributed by atoms with E-state index in [1.54, 1.807) is 0 Å². The molecule has 0 saturated carbocycles. The second kappa shape index (κ2) is 17.9. The van der Waals surface area contributed by atoms with Gasteiger partial charge in [-0.25, -0.2) is 0 Å². The van der Waals surface area contributed by atoms with Crippen LogP contribution in [-0.2, 0) is 16.2 Å². The quantitative estimate of drug-likeness (QED) is 0.153. The number of rotatable bonds is 6. The van der Waals surface area contributed by atoms with Gasteiger partial charge in [0.15, 0.2) is 0 Å². The summed E-state index contributed by atoms with van der Waals surface area (Å²) < 4.78 is 0. The van der Waals surface area contributed by atoms with Crippen molar-refractivity contribution in [1.29, 1.82) is 0 Å². The van der Waals surface area contributed by atoms with Gasteiger partial charge >= 0.3 is 0 Å². The molecule has 0 fully saturated rings. The van der Waals surface area contributed by atoms with Gasteiger partial charge in [0.1, 0.15) is 0 Å². The Morgan fingerprint density at radius 3 is 0.926 bits per heavy atom. The van der Waals surface area contributed by atoms with E-state index in [2.05, 4.69) is 308 Å². The number of hydrogen-bond donors (Lipinski definition) is 0. The summed E-state index contributed by atoms with van der Waals surface area (Å²) in [5, 5.41) is 20.2. The molecule has 0 saturated heterocycles. The van der Waals surface area contributed by atoms with Crippen LogP contribution in [0.1, 0.15) is 77.6 Å². The van der Waals surface area contributed by atoms with Crippen molar-refractivity contribution in [1.82, 2.24) is 0 Å². The summed E-state index contributed by atoms with van der Waals surface area (Å²) in [7, 11) is 0. The van der Waals surface area contributed by atoms with Crippen molar-refractivity contribution in [2.75, 3.05) is 9.80 Å². The summed E-state index contributed by atoms with van der Waals surface area (Å²) >= 11 is 0. The first-order chi connectivity index (χ1) is 39.2. The normalized spacial score (nSPS) is 13.3. The van der Waals surface area contributed by atoms with Crippen LogP contribution in [-0.4, -0.2) is 0 Å². The number of fused-ring (bicyclic) bond motifs is 17. The van der Waals surface area contributed by atoms with E-state index >= 15 is 0 Å². The van der Waals surface area contributed by atoms with E-state index in [-0.39, 0.29) is 16.2 Å². The lowest BCUT2D eigenvalue weighted by Crippen LogP contribution is -2.15. The van der Waals surface area contributed by atoms with E-state index in [4.69, 9.17) is 0 Å². The lowest BCUT2D eigenvalue weighted by molar-refractivity contribution is 0.590. The van der Waals surface area contributed by atoms with Crippen LogP contribution in [0.3, 0.4) is 0 Å². The van der Waals surface area contributed by atoms with Crippen molar-refractivity contribution in [3.8, 4) is 11.1 Å². The topological polar surface area (TPSA) is 6.48 Å². The summed E-state index contributed by atoms with van der Waals surface area (Å²) in [6.07, 6.45) is 0. The van der Waals surface area contributed by atoms with Gasteiger partial charge < -0.3 is 9.80 Å². The molecule has 0 aromatic heterocycles. The molecule has 0 amide bonds. The van der Waals surface area contributed by atoms with Gasteiger partial charge in [0.25, 0.3) is 0 Å². The van der Waals surface area contributed by atoms with Gasteiger partial charge in [0.2, 0.25) is 0 Å². The molecule has 14 aromatic carbocycles. The Balaban J connectivity index is 0.909. The van der Waals surface area contributed by atoms with Gasteiger partial charge in [0.05, 0.1) is 11.4 Å². The highest BCUT2D eigenvalue weighted by molar-refractivity contribution is 6.29. The number of hydrogen-bond acceptors (Lipinski definition) is 2. The fourth-order valence-corrected chi connectivity index (χ4v) is 13.8. The first-order valence-electron chi connectivity index (χ1n) is 28.8. The Labute approximate surface area is 475 Å². The van der Waals surface area contributed by atoms with Crippen molar-refractivity contribution < 1.29 is 0 Å². The lowest BCUT2D eigenvalue weighted by Gasteiger charge is -2.28. The Morgan fingerprint density at radius 1 is 0.259 bits per heavy atom. The Kier molecular flexibility index (Phi) is 10.8. The van der Waals surface area contributed by atoms with Gasteiger partial charge in [-0.05, 0) is 205 Å². The number of benzene rings is 14. The zero-order valence-corrected chi connectivity index (χ0v) is 47.5. The molecule has 0 unspecified atom stereocenters. The maximum atomic E-state index is 2.55. The van der Waals surface area contributed by atoms with Gasteiger partial charge in [-0.2, -0.15) is 0 Å². The first kappa shape index (κ1) is 48.9. The summed E-state index contributed by atoms with van der Waals surface area (Å²) in [4.78, 5) is 4.92. The van der Waals surface area contributed by atoms with Gasteiger partial charge in [0, 0.05) is 38.9 Å². The van der Waals surface area contributed by atoms with E-state index in [1.807, 2.05) is 0 Å². The fourth-order valence-electron chi connectivity index (χ4n) is 13.8. The zero-order chi connectivity index (χ0) is 55.1. The van der Waals surface area contributed by atoms with Crippen LogP contribution in [0.5, 0.6) is 0 Å². The van der Waals surface area contributed by atoms with Crippen molar-refractivity contribution >= 4 is 120 Å². The van der Waals surface area contributed by atoms with Crippen LogP contribution in [0.2, 0.25) is 0 Å². The molecule has 0 radical (unpaired) electrons. The molecule has 2 heteroatoms. The minimum absolute atomic E-state index is 0.0472. The Bertz CT molecular complexity index is 4590. The van der Waals surface area contributed by atoms with Crippen LogP contribution >= 0.6 is 0 Å². The Morgan fingerprint density at radius 2 is 0.556 bits per heavy atom. The molecular weight excluding hydrogens is 977 g/mol. The smallest absolute Gasteiger partial charge is 0.0540 e. The number of anilines is 6. The summed E-state index contributed by atoms with van der Waals surface area (Å²) in [5.41, 5.74) is 14.7. The maximum absolute atomic E-state index is 2.55. The fraction of sp³-hybridized carbons (Fsp3) is 0.139. The minimum Gasteiger partial charge on any atom is -0.310 e. The third-order valence-corrected chi connectivity index (χ3v) is 18.1. The van der Waals surface area contributed by atoms with Crippen molar-refractivity contribution in [3.63, 3.8) is 0 Å². The number of nitrogens with zero attached hydrogens (tertiary/aromatic N) is 2. The standard InChI is InChI=1S/C79H64N2/c1-77(2,3)51-31-35-53(36-32-51)80(75-29-17-21-49-19-9-11-23-57(49)75)55-39-41-63-65(43-55)59-25-13-15-27-61(59)67-45-71-72-46-68-62-28-16-14-26-60(62)66-44-56(40-42-64(66)70(68)48-74(72)79(7,8)73(71)47-69(63)67)81(54-37-33-52(34-38-54)78(4,5)6)76-30-18-22-50-20-10-12-24-58(50)76/h9-48H,1-8H3. The monoisotopic (exact) mass is 1040 g/mol. The molecule has 0 spiro atoms. The van der Waals surface area contributed by atoms with Crippen LogP contribution in [0.25, 0.3) is 97.3 Å². The van der Waals surface area contributed by atoms with E-state index in [9.17, 15) is 0 Å². The molecule has 0 N–H and O–H groups in total. The zero-order valence-electron chi connectivity index (χ0n) is 47.5. The molecule has 15 rings (SSSR count). The highest BCUT2D eigenvalue weighted by atomic mass is 15.1. The van der Waals surface area contributed by atoms with Crippen molar-refractivity contribution in [3.05, 3.63) is 265 Å². The molecule has 14 aromatic rings. The molecular formula is C79H64N2. The molecule has 390 valence electrons. The molecule has 0 atom stereocenters. The molecule has 81 heavy (non-hydrogen) atoms. The SMILES string of the molecule is CC(C)(C)c1ccc(N(c2ccc3c(c2)c2ccccc2c2cc4c(cc32)C(C)(C)c2cc3c5ccc(N(c6ccc(C(C)(C)C)cc6)c6cccc7ccccc67)cc5c5ccccc5c3cc2-4)c2cccc3ccccc23)cc1. The third kappa shape index (κ3) is 7.68. The molecule has 1 aliphatic carbocycles. The third-order valence-electron chi connectivity index (χ3n) is 18.1. The second-order valence-electron chi connectivity index (χ2n) is 25.3. The van der Waals surface area contributed by atoms with Crippen molar-refractivity contribution in [2.24, 2.45) is 0 Å². The minimum atomic E-state index is -0.266. The van der Waals surface area contributed by atoms with Gasteiger partial charge in [-0.3, -0.25) is 0 Å². The Hall–Kier alpha value is -9.24. The van der Waals surface area contributed by atoms with Gasteiger partial charge in [-0.15, -0.1) is 0 Å². The van der Waals surface area contributed by atoms with E-state index in [0.717, 1.165) is 34.1 Å². The molecule has 0 heterocycles. The average Bonchev–Trinajstić information content (AvgIpc) is 3.46. The predicted molar refractivity (Wildman–Crippen MR) is 351 cm³/mol. The van der Waals surface area contributed by atoms with Crippen molar-refractivity contribution in [2.45, 2.75) is 71.6 Å². The van der Waals surface area contributed by atoms with Crippen LogP contribution < -0.4 is 9.80 Å². The van der Waals surface area contributed by atoms with Crippen LogP contribution in [0.15, 0.2) is 243 Å².